The van der Waals surface area contributed by atoms with E-state index in [2.05, 4.69) is 15.5 Å². The van der Waals surface area contributed by atoms with Gasteiger partial charge in [0.1, 0.15) is 0 Å². The summed E-state index contributed by atoms with van der Waals surface area (Å²) in [6, 6.07) is 0.640. The van der Waals surface area contributed by atoms with Crippen LogP contribution in [0.25, 0.3) is 0 Å². The molecule has 2 saturated heterocycles. The summed E-state index contributed by atoms with van der Waals surface area (Å²) in [5.41, 5.74) is -0.502. The smallest absolute Gasteiger partial charge is 0.336 e. The van der Waals surface area contributed by atoms with E-state index in [0.29, 0.717) is 31.9 Å². The Morgan fingerprint density at radius 3 is 2.79 bits per heavy atom. The molecule has 0 radical (unpaired) electrons. The Hall–Kier alpha value is -2.10. The molecule has 10 heteroatoms. The molecule has 0 aromatic carbocycles. The molecule has 7 nitrogen and oxygen atoms in total. The van der Waals surface area contributed by atoms with Crippen LogP contribution >= 0.6 is 0 Å². The van der Waals surface area contributed by atoms with Gasteiger partial charge in [-0.1, -0.05) is 0 Å². The lowest BCUT2D eigenvalue weighted by Gasteiger charge is -2.32. The van der Waals surface area contributed by atoms with Crippen LogP contribution in [0.1, 0.15) is 30.1 Å². The van der Waals surface area contributed by atoms with Gasteiger partial charge in [0.2, 0.25) is 5.91 Å². The van der Waals surface area contributed by atoms with Crippen molar-refractivity contribution in [2.24, 2.45) is 0 Å². The Balaban J connectivity index is 1.61. The first-order valence-corrected chi connectivity index (χ1v) is 7.77. The van der Waals surface area contributed by atoms with Gasteiger partial charge in [0.05, 0.1) is 6.54 Å². The number of likely N-dealkylation sites (tertiary alicyclic amines) is 1. The van der Waals surface area contributed by atoms with Gasteiger partial charge in [-0.15, -0.1) is 0 Å². The summed E-state index contributed by atoms with van der Waals surface area (Å²) in [5, 5.41) is 8.35. The van der Waals surface area contributed by atoms with Crippen molar-refractivity contribution in [3.8, 4) is 0 Å². The van der Waals surface area contributed by atoms with Crippen LogP contribution in [0.4, 0.5) is 18.0 Å². The first-order valence-electron chi connectivity index (χ1n) is 7.77. The molecule has 132 valence electrons. The number of hydrogen-bond acceptors (Lipinski definition) is 4. The predicted octanol–water partition coefficient (Wildman–Crippen LogP) is 1.16. The van der Waals surface area contributed by atoms with E-state index >= 15 is 0 Å². The largest absolute Gasteiger partial charge is 0.435 e. The number of piperidine rings is 1. The van der Waals surface area contributed by atoms with E-state index in [1.807, 2.05) is 4.90 Å². The zero-order chi connectivity index (χ0) is 17.3. The molecule has 1 aromatic heterocycles. The Morgan fingerprint density at radius 1 is 1.38 bits per heavy atom. The van der Waals surface area contributed by atoms with Crippen molar-refractivity contribution >= 4 is 11.9 Å². The number of rotatable bonds is 3. The fourth-order valence-corrected chi connectivity index (χ4v) is 3.13. The number of amides is 3. The fraction of sp³-hybridized carbons (Fsp3) is 0.643. The molecule has 24 heavy (non-hydrogen) atoms. The van der Waals surface area contributed by atoms with Crippen molar-refractivity contribution < 1.29 is 22.8 Å². The Bertz CT molecular complexity index is 630. The molecule has 0 bridgehead atoms. The minimum atomic E-state index is -4.47. The summed E-state index contributed by atoms with van der Waals surface area (Å²) in [7, 11) is 0. The summed E-state index contributed by atoms with van der Waals surface area (Å²) < 4.78 is 37.9. The van der Waals surface area contributed by atoms with Crippen molar-refractivity contribution in [2.45, 2.75) is 24.9 Å². The average molecular weight is 345 g/mol. The number of urea groups is 1. The molecule has 0 saturated carbocycles. The summed E-state index contributed by atoms with van der Waals surface area (Å²) >= 11 is 0. The topological polar surface area (TPSA) is 81.3 Å². The van der Waals surface area contributed by atoms with E-state index in [9.17, 15) is 22.8 Å². The molecule has 2 fully saturated rings. The van der Waals surface area contributed by atoms with Crippen molar-refractivity contribution in [3.63, 3.8) is 0 Å². The van der Waals surface area contributed by atoms with Gasteiger partial charge in [-0.3, -0.25) is 19.7 Å². The van der Waals surface area contributed by atoms with Gasteiger partial charge < -0.3 is 5.32 Å². The monoisotopic (exact) mass is 345 g/mol. The molecule has 1 atom stereocenters. The number of aromatic nitrogens is 2. The van der Waals surface area contributed by atoms with E-state index in [1.54, 1.807) is 0 Å². The molecule has 2 aliphatic heterocycles. The van der Waals surface area contributed by atoms with E-state index in [0.717, 1.165) is 18.9 Å². The summed E-state index contributed by atoms with van der Waals surface area (Å²) in [4.78, 5) is 26.7. The second-order valence-corrected chi connectivity index (χ2v) is 6.06. The maximum atomic E-state index is 12.6. The van der Waals surface area contributed by atoms with Crippen LogP contribution < -0.4 is 5.32 Å². The third kappa shape index (κ3) is 3.53. The lowest BCUT2D eigenvalue weighted by Crippen LogP contribution is -2.44. The van der Waals surface area contributed by atoms with Gasteiger partial charge in [-0.25, -0.2) is 4.79 Å². The van der Waals surface area contributed by atoms with Crippen molar-refractivity contribution in [1.29, 1.82) is 0 Å². The van der Waals surface area contributed by atoms with Crippen LogP contribution in [0.3, 0.4) is 0 Å². The lowest BCUT2D eigenvalue weighted by atomic mass is 9.94. The number of hydrogen-bond donors (Lipinski definition) is 2. The highest BCUT2D eigenvalue weighted by molar-refractivity contribution is 5.96. The van der Waals surface area contributed by atoms with Crippen LogP contribution in [0.5, 0.6) is 0 Å². The van der Waals surface area contributed by atoms with Gasteiger partial charge in [-0.2, -0.15) is 18.3 Å². The highest BCUT2D eigenvalue weighted by Crippen LogP contribution is 2.31. The van der Waals surface area contributed by atoms with Gasteiger partial charge in [0.15, 0.2) is 5.69 Å². The maximum absolute atomic E-state index is 12.6. The SMILES string of the molecule is O=C(CN1CCC[C@@H](c2cc(C(F)(F)F)n[nH]2)C1)N1CCNC1=O. The quantitative estimate of drug-likeness (QED) is 0.861. The Kier molecular flexibility index (Phi) is 4.48. The van der Waals surface area contributed by atoms with Crippen LogP contribution in [-0.4, -0.2) is 64.7 Å². The first-order chi connectivity index (χ1) is 11.3. The third-order valence-corrected chi connectivity index (χ3v) is 4.35. The second-order valence-electron chi connectivity index (χ2n) is 6.06. The number of imide groups is 1. The Labute approximate surface area is 136 Å². The molecule has 3 rings (SSSR count). The zero-order valence-corrected chi connectivity index (χ0v) is 12.9. The zero-order valence-electron chi connectivity index (χ0n) is 12.9. The van der Waals surface area contributed by atoms with Crippen LogP contribution in [0.15, 0.2) is 6.07 Å². The highest BCUT2D eigenvalue weighted by atomic mass is 19.4. The van der Waals surface area contributed by atoms with Gasteiger partial charge in [-0.05, 0) is 25.5 Å². The van der Waals surface area contributed by atoms with E-state index in [-0.39, 0.29) is 18.4 Å². The number of carbonyl (C=O) groups excluding carboxylic acids is 2. The molecule has 2 aliphatic rings. The lowest BCUT2D eigenvalue weighted by molar-refractivity contribution is -0.141. The molecule has 3 amide bonds. The normalized spacial score (nSPS) is 22.7. The van der Waals surface area contributed by atoms with Crippen molar-refractivity contribution in [1.82, 2.24) is 25.3 Å². The number of carbonyl (C=O) groups is 2. The number of nitrogens with one attached hydrogen (secondary N) is 2. The molecule has 0 aliphatic carbocycles. The molecule has 3 heterocycles. The van der Waals surface area contributed by atoms with E-state index in [1.165, 1.54) is 4.90 Å². The summed E-state index contributed by atoms with van der Waals surface area (Å²) in [5.74, 6) is -0.422. The minimum absolute atomic E-state index is 0.0875. The molecule has 0 spiro atoms. The molecular weight excluding hydrogens is 327 g/mol. The first kappa shape index (κ1) is 16.7. The van der Waals surface area contributed by atoms with Gasteiger partial charge >= 0.3 is 12.2 Å². The van der Waals surface area contributed by atoms with Crippen LogP contribution in [0, 0.1) is 0 Å². The third-order valence-electron chi connectivity index (χ3n) is 4.35. The van der Waals surface area contributed by atoms with E-state index in [4.69, 9.17) is 0 Å². The van der Waals surface area contributed by atoms with Crippen molar-refractivity contribution in [3.05, 3.63) is 17.5 Å². The van der Waals surface area contributed by atoms with Crippen molar-refractivity contribution in [2.75, 3.05) is 32.7 Å². The Morgan fingerprint density at radius 2 is 2.17 bits per heavy atom. The number of H-pyrrole nitrogens is 1. The summed E-state index contributed by atoms with van der Waals surface area (Å²) in [6.45, 7) is 2.02. The standard InChI is InChI=1S/C14H18F3N5O2/c15-14(16,17)11-6-10(19-20-11)9-2-1-4-21(7-9)8-12(23)22-5-3-18-13(22)24/h6,9H,1-5,7-8H2,(H,18,24)(H,19,20)/t9-/m1/s1. The highest BCUT2D eigenvalue weighted by Gasteiger charge is 2.35. The minimum Gasteiger partial charge on any atom is -0.336 e. The molecular formula is C14H18F3N5O2. The summed E-state index contributed by atoms with van der Waals surface area (Å²) in [6.07, 6.45) is -2.97. The number of alkyl halides is 3. The average Bonchev–Trinajstić information content (AvgIpc) is 3.15. The number of nitrogens with zero attached hydrogens (tertiary/aromatic N) is 3. The van der Waals surface area contributed by atoms with Crippen LogP contribution in [-0.2, 0) is 11.0 Å². The predicted molar refractivity (Wildman–Crippen MR) is 77.1 cm³/mol. The number of aromatic amines is 1. The fourth-order valence-electron chi connectivity index (χ4n) is 3.13. The van der Waals surface area contributed by atoms with Gasteiger partial charge in [0, 0.05) is 31.2 Å². The van der Waals surface area contributed by atoms with Crippen LogP contribution in [0.2, 0.25) is 0 Å². The molecule has 2 N–H and O–H groups in total. The molecule has 0 unspecified atom stereocenters. The molecule has 1 aromatic rings. The number of halogens is 3. The van der Waals surface area contributed by atoms with Gasteiger partial charge in [0.25, 0.3) is 0 Å². The van der Waals surface area contributed by atoms with E-state index < -0.39 is 17.9 Å². The maximum Gasteiger partial charge on any atom is 0.435 e. The second kappa shape index (κ2) is 6.42.